The van der Waals surface area contributed by atoms with E-state index in [2.05, 4.69) is 43.4 Å². The van der Waals surface area contributed by atoms with E-state index in [-0.39, 0.29) is 0 Å². The average Bonchev–Trinajstić information content (AvgIpc) is 2.87. The van der Waals surface area contributed by atoms with Gasteiger partial charge < -0.3 is 5.32 Å². The van der Waals surface area contributed by atoms with Crippen molar-refractivity contribution >= 4 is 5.82 Å². The molecule has 0 fully saturated rings. The van der Waals surface area contributed by atoms with E-state index in [0.29, 0.717) is 0 Å². The molecule has 1 heterocycles. The molecule has 3 heteroatoms. The molecule has 0 saturated carbocycles. The molecule has 3 nitrogen and oxygen atoms in total. The number of hydrogen-bond acceptors (Lipinski definition) is 3. The second kappa shape index (κ2) is 5.61. The van der Waals surface area contributed by atoms with Gasteiger partial charge in [-0.1, -0.05) is 29.8 Å². The Labute approximate surface area is 120 Å². The summed E-state index contributed by atoms with van der Waals surface area (Å²) >= 11 is 0. The molecule has 0 bridgehead atoms. The molecule has 0 unspecified atom stereocenters. The van der Waals surface area contributed by atoms with Crippen LogP contribution < -0.4 is 5.32 Å². The minimum absolute atomic E-state index is 0.813. The molecule has 0 amide bonds. The fourth-order valence-electron chi connectivity index (χ4n) is 2.88. The van der Waals surface area contributed by atoms with Crippen LogP contribution in [0.3, 0.4) is 0 Å². The van der Waals surface area contributed by atoms with Gasteiger partial charge in [0.1, 0.15) is 11.6 Å². The maximum atomic E-state index is 4.77. The van der Waals surface area contributed by atoms with E-state index < -0.39 is 0 Å². The predicted octanol–water partition coefficient (Wildman–Crippen LogP) is 3.30. The topological polar surface area (TPSA) is 37.8 Å². The van der Waals surface area contributed by atoms with Gasteiger partial charge in [0, 0.05) is 24.2 Å². The van der Waals surface area contributed by atoms with E-state index in [1.165, 1.54) is 28.8 Å². The Bertz CT molecular complexity index is 620. The normalized spacial score (nSPS) is 13.3. The molecule has 104 valence electrons. The predicted molar refractivity (Wildman–Crippen MR) is 82.2 cm³/mol. The number of benzene rings is 1. The third-order valence-electron chi connectivity index (χ3n) is 3.77. The first-order valence-electron chi connectivity index (χ1n) is 7.44. The Kier molecular flexibility index (Phi) is 3.68. The molecule has 0 spiro atoms. The largest absolute Gasteiger partial charge is 0.370 e. The summed E-state index contributed by atoms with van der Waals surface area (Å²) in [4.78, 5) is 9.51. The van der Waals surface area contributed by atoms with Crippen molar-refractivity contribution in [1.82, 2.24) is 9.97 Å². The van der Waals surface area contributed by atoms with Gasteiger partial charge in [-0.2, -0.15) is 0 Å². The van der Waals surface area contributed by atoms with E-state index >= 15 is 0 Å². The molecular weight excluding hydrogens is 246 g/mol. The highest BCUT2D eigenvalue weighted by Gasteiger charge is 2.18. The van der Waals surface area contributed by atoms with Gasteiger partial charge in [-0.05, 0) is 38.7 Å². The standard InChI is InChI=1S/C17H21N3/c1-3-18-17-14-8-5-9-15(14)19-16(20-17)11-13-7-4-6-12(2)10-13/h4,6-7,10H,3,5,8-9,11H2,1-2H3,(H,18,19,20). The van der Waals surface area contributed by atoms with Crippen molar-refractivity contribution < 1.29 is 0 Å². The highest BCUT2D eigenvalue weighted by atomic mass is 15.0. The number of hydrogen-bond donors (Lipinski definition) is 1. The highest BCUT2D eigenvalue weighted by molar-refractivity contribution is 5.49. The lowest BCUT2D eigenvalue weighted by Crippen LogP contribution is -2.09. The minimum atomic E-state index is 0.813. The first kappa shape index (κ1) is 13.1. The van der Waals surface area contributed by atoms with Gasteiger partial charge in [0.05, 0.1) is 0 Å². The second-order valence-corrected chi connectivity index (χ2v) is 5.46. The zero-order valence-electron chi connectivity index (χ0n) is 12.2. The maximum absolute atomic E-state index is 4.77. The number of nitrogens with one attached hydrogen (secondary N) is 1. The van der Waals surface area contributed by atoms with Gasteiger partial charge >= 0.3 is 0 Å². The number of rotatable bonds is 4. The Balaban J connectivity index is 1.92. The van der Waals surface area contributed by atoms with Crippen LogP contribution in [0.5, 0.6) is 0 Å². The van der Waals surface area contributed by atoms with Crippen molar-refractivity contribution in [3.8, 4) is 0 Å². The monoisotopic (exact) mass is 267 g/mol. The summed E-state index contributed by atoms with van der Waals surface area (Å²) in [5.41, 5.74) is 5.15. The molecule has 1 aromatic carbocycles. The zero-order chi connectivity index (χ0) is 13.9. The minimum Gasteiger partial charge on any atom is -0.370 e. The molecule has 0 radical (unpaired) electrons. The number of fused-ring (bicyclic) bond motifs is 1. The van der Waals surface area contributed by atoms with E-state index in [0.717, 1.165) is 37.4 Å². The summed E-state index contributed by atoms with van der Waals surface area (Å²) in [6.45, 7) is 5.15. The fourth-order valence-corrected chi connectivity index (χ4v) is 2.88. The Morgan fingerprint density at radius 1 is 1.20 bits per heavy atom. The Morgan fingerprint density at radius 3 is 2.90 bits per heavy atom. The summed E-state index contributed by atoms with van der Waals surface area (Å²) in [5.74, 6) is 1.99. The second-order valence-electron chi connectivity index (χ2n) is 5.46. The van der Waals surface area contributed by atoms with E-state index in [4.69, 9.17) is 9.97 Å². The zero-order valence-corrected chi connectivity index (χ0v) is 12.2. The lowest BCUT2D eigenvalue weighted by Gasteiger charge is -2.11. The van der Waals surface area contributed by atoms with Crippen LogP contribution in [-0.2, 0) is 19.3 Å². The van der Waals surface area contributed by atoms with Crippen molar-refractivity contribution in [2.75, 3.05) is 11.9 Å². The molecular formula is C17H21N3. The smallest absolute Gasteiger partial charge is 0.135 e. The molecule has 1 aromatic heterocycles. The molecule has 0 saturated heterocycles. The van der Waals surface area contributed by atoms with E-state index in [9.17, 15) is 0 Å². The lowest BCUT2D eigenvalue weighted by molar-refractivity contribution is 0.885. The number of aromatic nitrogens is 2. The molecule has 20 heavy (non-hydrogen) atoms. The van der Waals surface area contributed by atoms with Gasteiger partial charge in [-0.25, -0.2) is 9.97 Å². The van der Waals surface area contributed by atoms with Crippen molar-refractivity contribution in [1.29, 1.82) is 0 Å². The van der Waals surface area contributed by atoms with Crippen LogP contribution in [0.2, 0.25) is 0 Å². The molecule has 1 aliphatic rings. The quantitative estimate of drug-likeness (QED) is 0.923. The van der Waals surface area contributed by atoms with Crippen LogP contribution in [-0.4, -0.2) is 16.5 Å². The summed E-state index contributed by atoms with van der Waals surface area (Å²) in [6.07, 6.45) is 4.23. The lowest BCUT2D eigenvalue weighted by atomic mass is 10.1. The molecule has 0 aliphatic heterocycles. The van der Waals surface area contributed by atoms with Gasteiger partial charge in [0.25, 0.3) is 0 Å². The maximum Gasteiger partial charge on any atom is 0.135 e. The van der Waals surface area contributed by atoms with Crippen molar-refractivity contribution in [2.24, 2.45) is 0 Å². The Hall–Kier alpha value is -1.90. The fraction of sp³-hybridized carbons (Fsp3) is 0.412. The Morgan fingerprint density at radius 2 is 2.10 bits per heavy atom. The SMILES string of the molecule is CCNc1nc(Cc2cccc(C)c2)nc2c1CCC2. The third kappa shape index (κ3) is 2.67. The molecule has 2 aromatic rings. The van der Waals surface area contributed by atoms with Crippen LogP contribution >= 0.6 is 0 Å². The summed E-state index contributed by atoms with van der Waals surface area (Å²) in [6, 6.07) is 8.58. The van der Waals surface area contributed by atoms with Crippen LogP contribution in [0.25, 0.3) is 0 Å². The van der Waals surface area contributed by atoms with Crippen LogP contribution in [0, 0.1) is 6.92 Å². The third-order valence-corrected chi connectivity index (χ3v) is 3.77. The van der Waals surface area contributed by atoms with Crippen LogP contribution in [0.1, 0.15) is 41.6 Å². The summed E-state index contributed by atoms with van der Waals surface area (Å²) < 4.78 is 0. The average molecular weight is 267 g/mol. The molecule has 1 N–H and O–H groups in total. The van der Waals surface area contributed by atoms with Gasteiger partial charge in [0.2, 0.25) is 0 Å². The van der Waals surface area contributed by atoms with Crippen LogP contribution in [0.4, 0.5) is 5.82 Å². The first-order valence-corrected chi connectivity index (χ1v) is 7.44. The van der Waals surface area contributed by atoms with Crippen molar-refractivity contribution in [3.63, 3.8) is 0 Å². The molecule has 3 rings (SSSR count). The summed E-state index contributed by atoms with van der Waals surface area (Å²) in [7, 11) is 0. The number of anilines is 1. The number of aryl methyl sites for hydroxylation is 2. The van der Waals surface area contributed by atoms with Gasteiger partial charge in [-0.15, -0.1) is 0 Å². The first-order chi connectivity index (χ1) is 9.76. The van der Waals surface area contributed by atoms with E-state index in [1.807, 2.05) is 0 Å². The molecule has 1 aliphatic carbocycles. The van der Waals surface area contributed by atoms with Gasteiger partial charge in [-0.3, -0.25) is 0 Å². The van der Waals surface area contributed by atoms with Crippen molar-refractivity contribution in [2.45, 2.75) is 39.5 Å². The van der Waals surface area contributed by atoms with Crippen LogP contribution in [0.15, 0.2) is 24.3 Å². The number of nitrogens with zero attached hydrogens (tertiary/aromatic N) is 2. The molecule has 0 atom stereocenters. The van der Waals surface area contributed by atoms with E-state index in [1.54, 1.807) is 0 Å². The van der Waals surface area contributed by atoms with Gasteiger partial charge in [0.15, 0.2) is 0 Å². The highest BCUT2D eigenvalue weighted by Crippen LogP contribution is 2.26. The van der Waals surface area contributed by atoms with Crippen molar-refractivity contribution in [3.05, 3.63) is 52.5 Å². The summed E-state index contributed by atoms with van der Waals surface area (Å²) in [5, 5.41) is 3.39.